The minimum Gasteiger partial charge on any atom is -0.486 e. The van der Waals surface area contributed by atoms with E-state index in [2.05, 4.69) is 24.5 Å². The monoisotopic (exact) mass is 423 g/mol. The van der Waals surface area contributed by atoms with Gasteiger partial charge in [-0.15, -0.1) is 0 Å². The summed E-state index contributed by atoms with van der Waals surface area (Å²) >= 11 is 0. The van der Waals surface area contributed by atoms with Crippen LogP contribution in [0.25, 0.3) is 0 Å². The van der Waals surface area contributed by atoms with Gasteiger partial charge in [0.05, 0.1) is 18.7 Å². The quantitative estimate of drug-likeness (QED) is 0.696. The number of nitrogens with one attached hydrogen (secondary N) is 2. The SMILES string of the molecule is CC(C)c1ccc(N2C(=O)N[C@@H](CC(=O)NCC3COc4ccccc4O3)C2=O)cc1. The van der Waals surface area contributed by atoms with Crippen molar-refractivity contribution < 1.29 is 23.9 Å². The molecule has 31 heavy (non-hydrogen) atoms. The second kappa shape index (κ2) is 8.67. The van der Waals surface area contributed by atoms with Crippen molar-refractivity contribution in [3.8, 4) is 11.5 Å². The van der Waals surface area contributed by atoms with Crippen LogP contribution in [0, 0.1) is 0 Å². The number of ether oxygens (including phenoxy) is 2. The molecule has 8 heteroatoms. The third kappa shape index (κ3) is 4.47. The predicted molar refractivity (Wildman–Crippen MR) is 114 cm³/mol. The standard InChI is InChI=1S/C23H25N3O5/c1-14(2)15-7-9-16(10-8-15)26-22(28)18(25-23(26)29)11-21(27)24-12-17-13-30-19-5-3-4-6-20(19)31-17/h3-10,14,17-18H,11-13H2,1-2H3,(H,24,27)(H,25,29)/t17?,18-/m0/s1. The number of imide groups is 1. The number of para-hydroxylation sites is 2. The molecule has 2 aliphatic heterocycles. The normalized spacial score (nSPS) is 20.0. The number of carbonyl (C=O) groups is 3. The van der Waals surface area contributed by atoms with Gasteiger partial charge in [0.2, 0.25) is 5.91 Å². The first-order valence-electron chi connectivity index (χ1n) is 10.3. The predicted octanol–water partition coefficient (Wildman–Crippen LogP) is 2.58. The second-order valence-electron chi connectivity index (χ2n) is 7.93. The summed E-state index contributed by atoms with van der Waals surface area (Å²) in [5.41, 5.74) is 1.60. The van der Waals surface area contributed by atoms with Crippen molar-refractivity contribution in [1.29, 1.82) is 0 Å². The zero-order valence-corrected chi connectivity index (χ0v) is 17.5. The first-order valence-corrected chi connectivity index (χ1v) is 10.3. The van der Waals surface area contributed by atoms with Gasteiger partial charge in [0.25, 0.3) is 5.91 Å². The largest absolute Gasteiger partial charge is 0.486 e. The van der Waals surface area contributed by atoms with Crippen molar-refractivity contribution in [2.45, 2.75) is 38.3 Å². The number of anilines is 1. The van der Waals surface area contributed by atoms with Gasteiger partial charge >= 0.3 is 6.03 Å². The Morgan fingerprint density at radius 3 is 2.55 bits per heavy atom. The molecule has 1 fully saturated rings. The van der Waals surface area contributed by atoms with Crippen molar-refractivity contribution >= 4 is 23.5 Å². The average molecular weight is 423 g/mol. The van der Waals surface area contributed by atoms with E-state index in [0.29, 0.717) is 29.7 Å². The van der Waals surface area contributed by atoms with Gasteiger partial charge in [0.1, 0.15) is 18.8 Å². The lowest BCUT2D eigenvalue weighted by Crippen LogP contribution is -2.43. The lowest BCUT2D eigenvalue weighted by molar-refractivity contribution is -0.125. The molecular formula is C23H25N3O5. The average Bonchev–Trinajstić information content (AvgIpc) is 3.04. The lowest BCUT2D eigenvalue weighted by atomic mass is 10.0. The van der Waals surface area contributed by atoms with Gasteiger partial charge < -0.3 is 20.1 Å². The smallest absolute Gasteiger partial charge is 0.329 e. The molecule has 2 aromatic carbocycles. The van der Waals surface area contributed by atoms with E-state index in [1.54, 1.807) is 18.2 Å². The molecule has 1 unspecified atom stereocenters. The number of amides is 4. The number of carbonyl (C=O) groups excluding carboxylic acids is 3. The van der Waals surface area contributed by atoms with Crippen LogP contribution >= 0.6 is 0 Å². The van der Waals surface area contributed by atoms with E-state index in [0.717, 1.165) is 10.5 Å². The number of benzene rings is 2. The van der Waals surface area contributed by atoms with E-state index in [1.165, 1.54) is 0 Å². The summed E-state index contributed by atoms with van der Waals surface area (Å²) in [4.78, 5) is 38.5. The van der Waals surface area contributed by atoms with Gasteiger partial charge in [-0.2, -0.15) is 0 Å². The topological polar surface area (TPSA) is 97.0 Å². The van der Waals surface area contributed by atoms with E-state index in [4.69, 9.17) is 9.47 Å². The molecular weight excluding hydrogens is 398 g/mol. The Kier molecular flexibility index (Phi) is 5.79. The van der Waals surface area contributed by atoms with Crippen LogP contribution in [0.3, 0.4) is 0 Å². The molecule has 0 saturated carbocycles. The summed E-state index contributed by atoms with van der Waals surface area (Å²) in [7, 11) is 0. The highest BCUT2D eigenvalue weighted by Crippen LogP contribution is 2.30. The first kappa shape index (κ1) is 20.7. The molecule has 1 saturated heterocycles. The van der Waals surface area contributed by atoms with Crippen LogP contribution in [0.5, 0.6) is 11.5 Å². The fourth-order valence-corrected chi connectivity index (χ4v) is 3.57. The van der Waals surface area contributed by atoms with E-state index < -0.39 is 18.0 Å². The van der Waals surface area contributed by atoms with Crippen molar-refractivity contribution in [3.05, 3.63) is 54.1 Å². The van der Waals surface area contributed by atoms with Crippen molar-refractivity contribution in [1.82, 2.24) is 10.6 Å². The Bertz CT molecular complexity index is 989. The summed E-state index contributed by atoms with van der Waals surface area (Å²) in [6, 6.07) is 13.2. The molecule has 2 N–H and O–H groups in total. The molecule has 0 aliphatic carbocycles. The fourth-order valence-electron chi connectivity index (χ4n) is 3.57. The van der Waals surface area contributed by atoms with Crippen LogP contribution in [0.1, 0.15) is 31.7 Å². The van der Waals surface area contributed by atoms with Crippen LogP contribution in [-0.4, -0.2) is 43.1 Å². The summed E-state index contributed by atoms with van der Waals surface area (Å²) in [6.07, 6.45) is -0.473. The van der Waals surface area contributed by atoms with Gasteiger partial charge in [-0.3, -0.25) is 9.59 Å². The van der Waals surface area contributed by atoms with Crippen LogP contribution < -0.4 is 25.0 Å². The molecule has 0 bridgehead atoms. The molecule has 8 nitrogen and oxygen atoms in total. The molecule has 0 spiro atoms. The summed E-state index contributed by atoms with van der Waals surface area (Å²) < 4.78 is 11.4. The number of nitrogens with zero attached hydrogens (tertiary/aromatic N) is 1. The summed E-state index contributed by atoms with van der Waals surface area (Å²) in [6.45, 7) is 4.69. The van der Waals surface area contributed by atoms with E-state index in [9.17, 15) is 14.4 Å². The molecule has 162 valence electrons. The number of rotatable bonds is 6. The third-order valence-corrected chi connectivity index (χ3v) is 5.32. The highest BCUT2D eigenvalue weighted by Gasteiger charge is 2.40. The van der Waals surface area contributed by atoms with Gasteiger partial charge in [0.15, 0.2) is 11.5 Å². The van der Waals surface area contributed by atoms with Crippen molar-refractivity contribution in [3.63, 3.8) is 0 Å². The summed E-state index contributed by atoms with van der Waals surface area (Å²) in [5, 5.41) is 5.35. The first-order chi connectivity index (χ1) is 14.9. The Balaban J connectivity index is 1.31. The van der Waals surface area contributed by atoms with Crippen LogP contribution in [0.4, 0.5) is 10.5 Å². The summed E-state index contributed by atoms with van der Waals surface area (Å²) in [5.74, 6) is 0.860. The maximum atomic E-state index is 12.7. The Morgan fingerprint density at radius 1 is 1.13 bits per heavy atom. The van der Waals surface area contributed by atoms with Crippen molar-refractivity contribution in [2.75, 3.05) is 18.1 Å². The molecule has 0 aromatic heterocycles. The van der Waals surface area contributed by atoms with Crippen LogP contribution in [0.15, 0.2) is 48.5 Å². The molecule has 2 aromatic rings. The van der Waals surface area contributed by atoms with Gasteiger partial charge in [-0.1, -0.05) is 38.1 Å². The van der Waals surface area contributed by atoms with E-state index in [1.807, 2.05) is 30.3 Å². The molecule has 4 rings (SSSR count). The second-order valence-corrected chi connectivity index (χ2v) is 7.93. The van der Waals surface area contributed by atoms with Crippen LogP contribution in [-0.2, 0) is 9.59 Å². The van der Waals surface area contributed by atoms with E-state index >= 15 is 0 Å². The maximum Gasteiger partial charge on any atom is 0.329 e. The molecule has 4 amide bonds. The van der Waals surface area contributed by atoms with Crippen LogP contribution in [0.2, 0.25) is 0 Å². The number of urea groups is 1. The number of fused-ring (bicyclic) bond motifs is 1. The Morgan fingerprint density at radius 2 is 1.84 bits per heavy atom. The minimum absolute atomic E-state index is 0.144. The maximum absolute atomic E-state index is 12.7. The van der Waals surface area contributed by atoms with E-state index in [-0.39, 0.29) is 25.0 Å². The molecule has 2 atom stereocenters. The Labute approximate surface area is 180 Å². The zero-order chi connectivity index (χ0) is 22.0. The molecule has 2 aliphatic rings. The highest BCUT2D eigenvalue weighted by molar-refractivity contribution is 6.22. The highest BCUT2D eigenvalue weighted by atomic mass is 16.6. The molecule has 0 radical (unpaired) electrons. The Hall–Kier alpha value is -3.55. The number of hydrogen-bond acceptors (Lipinski definition) is 5. The van der Waals surface area contributed by atoms with Gasteiger partial charge in [-0.05, 0) is 35.7 Å². The number of hydrogen-bond donors (Lipinski definition) is 2. The third-order valence-electron chi connectivity index (χ3n) is 5.32. The molecule has 2 heterocycles. The van der Waals surface area contributed by atoms with Gasteiger partial charge in [-0.25, -0.2) is 9.69 Å². The van der Waals surface area contributed by atoms with Crippen molar-refractivity contribution in [2.24, 2.45) is 0 Å². The lowest BCUT2D eigenvalue weighted by Gasteiger charge is -2.26. The van der Waals surface area contributed by atoms with Gasteiger partial charge in [0, 0.05) is 0 Å². The zero-order valence-electron chi connectivity index (χ0n) is 17.5. The fraction of sp³-hybridized carbons (Fsp3) is 0.348. The minimum atomic E-state index is -0.901.